The van der Waals surface area contributed by atoms with Gasteiger partial charge in [0.2, 0.25) is 5.91 Å². The minimum Gasteiger partial charge on any atom is -0.320 e. The first-order valence-electron chi connectivity index (χ1n) is 6.89. The smallest absolute Gasteiger partial charge is 0.241 e. The fraction of sp³-hybridized carbons (Fsp3) is 0.643. The fourth-order valence-electron chi connectivity index (χ4n) is 2.80. The monoisotopic (exact) mass is 264 g/mol. The summed E-state index contributed by atoms with van der Waals surface area (Å²) in [5.41, 5.74) is 0. The van der Waals surface area contributed by atoms with Crippen LogP contribution in [0.15, 0.2) is 17.5 Å². The van der Waals surface area contributed by atoms with Crippen molar-refractivity contribution in [2.75, 3.05) is 6.54 Å². The molecule has 2 heterocycles. The van der Waals surface area contributed by atoms with E-state index in [9.17, 15) is 4.79 Å². The summed E-state index contributed by atoms with van der Waals surface area (Å²) < 4.78 is 0. The molecule has 2 aliphatic rings. The van der Waals surface area contributed by atoms with Crippen molar-refractivity contribution in [2.24, 2.45) is 5.92 Å². The molecule has 1 aliphatic heterocycles. The van der Waals surface area contributed by atoms with Gasteiger partial charge in [0.25, 0.3) is 0 Å². The predicted molar refractivity (Wildman–Crippen MR) is 73.3 cm³/mol. The van der Waals surface area contributed by atoms with Gasteiger partial charge in [-0.15, -0.1) is 11.3 Å². The van der Waals surface area contributed by atoms with Gasteiger partial charge in [-0.25, -0.2) is 0 Å². The Bertz CT molecular complexity index is 413. The van der Waals surface area contributed by atoms with Gasteiger partial charge >= 0.3 is 0 Å². The van der Waals surface area contributed by atoms with Crippen LogP contribution in [0.25, 0.3) is 0 Å². The lowest BCUT2D eigenvalue weighted by Crippen LogP contribution is -2.37. The van der Waals surface area contributed by atoms with Crippen LogP contribution in [0.4, 0.5) is 0 Å². The third-order valence-corrected chi connectivity index (χ3v) is 5.08. The highest BCUT2D eigenvalue weighted by molar-refractivity contribution is 7.10. The third-order valence-electron chi connectivity index (χ3n) is 4.15. The lowest BCUT2D eigenvalue weighted by Gasteiger charge is -2.32. The SMILES string of the molecule is CCC1NC(c2cccs2)N(CC2CCC2)C1=O. The molecule has 98 valence electrons. The zero-order chi connectivity index (χ0) is 12.5. The average molecular weight is 264 g/mol. The van der Waals surface area contributed by atoms with Gasteiger partial charge in [0.15, 0.2) is 0 Å². The summed E-state index contributed by atoms with van der Waals surface area (Å²) >= 11 is 1.73. The summed E-state index contributed by atoms with van der Waals surface area (Å²) in [6.45, 7) is 3.01. The molecule has 1 amide bonds. The second kappa shape index (κ2) is 5.02. The first-order chi connectivity index (χ1) is 8.79. The molecule has 3 nitrogen and oxygen atoms in total. The predicted octanol–water partition coefficient (Wildman–Crippen LogP) is 2.76. The Kier molecular flexibility index (Phi) is 3.39. The highest BCUT2D eigenvalue weighted by Gasteiger charge is 2.40. The summed E-state index contributed by atoms with van der Waals surface area (Å²) in [7, 11) is 0. The fourth-order valence-corrected chi connectivity index (χ4v) is 3.60. The van der Waals surface area contributed by atoms with E-state index >= 15 is 0 Å². The number of rotatable bonds is 4. The summed E-state index contributed by atoms with van der Waals surface area (Å²) in [4.78, 5) is 15.7. The number of nitrogens with zero attached hydrogens (tertiary/aromatic N) is 1. The zero-order valence-corrected chi connectivity index (χ0v) is 11.6. The Hall–Kier alpha value is -0.870. The minimum absolute atomic E-state index is 0.0113. The molecule has 1 N–H and O–H groups in total. The van der Waals surface area contributed by atoms with Crippen molar-refractivity contribution in [2.45, 2.75) is 44.8 Å². The van der Waals surface area contributed by atoms with Crippen LogP contribution in [0.5, 0.6) is 0 Å². The molecule has 1 aromatic rings. The van der Waals surface area contributed by atoms with Gasteiger partial charge in [0, 0.05) is 11.4 Å². The molecule has 18 heavy (non-hydrogen) atoms. The molecule has 0 aromatic carbocycles. The average Bonchev–Trinajstić information content (AvgIpc) is 2.92. The van der Waals surface area contributed by atoms with Gasteiger partial charge in [-0.2, -0.15) is 0 Å². The van der Waals surface area contributed by atoms with Crippen molar-refractivity contribution in [1.29, 1.82) is 0 Å². The normalized spacial score (nSPS) is 28.7. The molecule has 0 bridgehead atoms. The molecule has 3 rings (SSSR count). The van der Waals surface area contributed by atoms with Crippen LogP contribution in [0.1, 0.15) is 43.6 Å². The Morgan fingerprint density at radius 1 is 1.50 bits per heavy atom. The molecule has 1 aromatic heterocycles. The summed E-state index contributed by atoms with van der Waals surface area (Å²) in [6.07, 6.45) is 4.90. The summed E-state index contributed by atoms with van der Waals surface area (Å²) in [5, 5.41) is 5.57. The maximum atomic E-state index is 12.4. The zero-order valence-electron chi connectivity index (χ0n) is 10.8. The van der Waals surface area contributed by atoms with Gasteiger partial charge in [0.1, 0.15) is 6.17 Å². The Morgan fingerprint density at radius 2 is 2.33 bits per heavy atom. The molecule has 2 atom stereocenters. The molecule has 1 saturated heterocycles. The first kappa shape index (κ1) is 12.2. The standard InChI is InChI=1S/C14H20N2OS/c1-2-11-14(17)16(9-10-5-3-6-10)13(15-11)12-7-4-8-18-12/h4,7-8,10-11,13,15H,2-3,5-6,9H2,1H3. The van der Waals surface area contributed by atoms with Crippen LogP contribution in [0.3, 0.4) is 0 Å². The molecule has 4 heteroatoms. The molecule has 1 saturated carbocycles. The van der Waals surface area contributed by atoms with E-state index in [0.717, 1.165) is 18.9 Å². The maximum absolute atomic E-state index is 12.4. The Morgan fingerprint density at radius 3 is 2.89 bits per heavy atom. The summed E-state index contributed by atoms with van der Waals surface area (Å²) in [6, 6.07) is 4.20. The second-order valence-electron chi connectivity index (χ2n) is 5.33. The van der Waals surface area contributed by atoms with Crippen molar-refractivity contribution >= 4 is 17.2 Å². The van der Waals surface area contributed by atoms with Crippen LogP contribution < -0.4 is 5.32 Å². The van der Waals surface area contributed by atoms with Crippen LogP contribution in [0, 0.1) is 5.92 Å². The van der Waals surface area contributed by atoms with E-state index in [1.165, 1.54) is 24.1 Å². The van der Waals surface area contributed by atoms with Crippen LogP contribution in [-0.4, -0.2) is 23.4 Å². The Labute approximate surface area is 112 Å². The molecule has 0 radical (unpaired) electrons. The highest BCUT2D eigenvalue weighted by Crippen LogP contribution is 2.34. The largest absolute Gasteiger partial charge is 0.320 e. The van der Waals surface area contributed by atoms with E-state index in [-0.39, 0.29) is 12.2 Å². The number of nitrogens with one attached hydrogen (secondary N) is 1. The van der Waals surface area contributed by atoms with Crippen molar-refractivity contribution in [3.63, 3.8) is 0 Å². The maximum Gasteiger partial charge on any atom is 0.241 e. The lowest BCUT2D eigenvalue weighted by molar-refractivity contribution is -0.131. The van der Waals surface area contributed by atoms with Gasteiger partial charge in [-0.05, 0) is 36.6 Å². The quantitative estimate of drug-likeness (QED) is 0.907. The second-order valence-corrected chi connectivity index (χ2v) is 6.31. The van der Waals surface area contributed by atoms with E-state index in [0.29, 0.717) is 5.91 Å². The van der Waals surface area contributed by atoms with E-state index in [1.807, 2.05) is 0 Å². The molecule has 2 unspecified atom stereocenters. The van der Waals surface area contributed by atoms with Crippen LogP contribution in [0.2, 0.25) is 0 Å². The van der Waals surface area contributed by atoms with E-state index in [4.69, 9.17) is 0 Å². The third kappa shape index (κ3) is 2.08. The number of amides is 1. The van der Waals surface area contributed by atoms with Gasteiger partial charge in [0.05, 0.1) is 6.04 Å². The molecular weight excluding hydrogens is 244 g/mol. The first-order valence-corrected chi connectivity index (χ1v) is 7.77. The van der Waals surface area contributed by atoms with E-state index in [1.54, 1.807) is 11.3 Å². The lowest BCUT2D eigenvalue weighted by atomic mass is 9.85. The number of carbonyl (C=O) groups excluding carboxylic acids is 1. The van der Waals surface area contributed by atoms with Gasteiger partial charge < -0.3 is 4.90 Å². The molecule has 2 fully saturated rings. The topological polar surface area (TPSA) is 32.3 Å². The van der Waals surface area contributed by atoms with Gasteiger partial charge in [-0.3, -0.25) is 10.1 Å². The van der Waals surface area contributed by atoms with Crippen LogP contribution >= 0.6 is 11.3 Å². The number of hydrogen-bond acceptors (Lipinski definition) is 3. The van der Waals surface area contributed by atoms with Crippen LogP contribution in [-0.2, 0) is 4.79 Å². The minimum atomic E-state index is 0.0113. The van der Waals surface area contributed by atoms with Gasteiger partial charge in [-0.1, -0.05) is 19.4 Å². The molecule has 1 aliphatic carbocycles. The van der Waals surface area contributed by atoms with Crippen molar-refractivity contribution in [3.8, 4) is 0 Å². The summed E-state index contributed by atoms with van der Waals surface area (Å²) in [5.74, 6) is 1.02. The van der Waals surface area contributed by atoms with E-state index < -0.39 is 0 Å². The number of carbonyl (C=O) groups is 1. The van der Waals surface area contributed by atoms with E-state index in [2.05, 4.69) is 34.7 Å². The molecule has 0 spiro atoms. The van der Waals surface area contributed by atoms with Crippen molar-refractivity contribution in [3.05, 3.63) is 22.4 Å². The number of hydrogen-bond donors (Lipinski definition) is 1. The highest BCUT2D eigenvalue weighted by atomic mass is 32.1. The molecular formula is C14H20N2OS. The Balaban J connectivity index is 1.78. The van der Waals surface area contributed by atoms with Crippen molar-refractivity contribution in [1.82, 2.24) is 10.2 Å². The van der Waals surface area contributed by atoms with Crippen molar-refractivity contribution < 1.29 is 4.79 Å². The number of thiophene rings is 1.